The monoisotopic (exact) mass is 578 g/mol. The Morgan fingerprint density at radius 1 is 1.08 bits per heavy atom. The van der Waals surface area contributed by atoms with Gasteiger partial charge >= 0.3 is 5.97 Å². The summed E-state index contributed by atoms with van der Waals surface area (Å²) in [5.74, 6) is -0.0431. The number of anilines is 2. The number of carbonyl (C=O) groups is 1. The number of benzene rings is 2. The fourth-order valence-corrected chi connectivity index (χ4v) is 5.46. The van der Waals surface area contributed by atoms with Crippen molar-refractivity contribution in [1.29, 1.82) is 0 Å². The Balaban J connectivity index is 1.55. The number of carbonyl (C=O) groups excluding carboxylic acids is 1. The first-order valence-corrected chi connectivity index (χ1v) is 13.2. The van der Waals surface area contributed by atoms with Crippen LogP contribution in [0.5, 0.6) is 0 Å². The molecule has 2 aromatic heterocycles. The smallest absolute Gasteiger partial charge is 0.341 e. The molecule has 0 bridgehead atoms. The second kappa shape index (κ2) is 11.6. The van der Waals surface area contributed by atoms with Crippen molar-refractivity contribution in [2.24, 2.45) is 0 Å². The first-order valence-electron chi connectivity index (χ1n) is 10.9. The Bertz CT molecular complexity index is 1420. The van der Waals surface area contributed by atoms with Crippen LogP contribution in [-0.2, 0) is 11.3 Å². The number of aryl methyl sites for hydroxylation is 1. The topological polar surface area (TPSA) is 68.2 Å². The van der Waals surface area contributed by atoms with E-state index in [4.69, 9.17) is 51.8 Å². The van der Waals surface area contributed by atoms with Gasteiger partial charge in [0.1, 0.15) is 15.6 Å². The number of nitrogens with zero attached hydrogens (tertiary/aromatic N) is 2. The molecule has 2 heterocycles. The van der Waals surface area contributed by atoms with Gasteiger partial charge in [0.25, 0.3) is 0 Å². The Hall–Kier alpha value is -2.62. The molecule has 0 aliphatic heterocycles. The number of aromatic nitrogens is 2. The first-order chi connectivity index (χ1) is 17.3. The Kier molecular flexibility index (Phi) is 8.54. The van der Waals surface area contributed by atoms with Gasteiger partial charge in [0.2, 0.25) is 0 Å². The summed E-state index contributed by atoms with van der Waals surface area (Å²) in [5, 5.41) is 12.8. The third kappa shape index (κ3) is 6.02. The van der Waals surface area contributed by atoms with Crippen LogP contribution in [0.2, 0.25) is 15.1 Å². The summed E-state index contributed by atoms with van der Waals surface area (Å²) >= 11 is 25.4. The van der Waals surface area contributed by atoms with Crippen molar-refractivity contribution in [3.8, 4) is 11.1 Å². The second-order valence-corrected chi connectivity index (χ2v) is 10.5. The second-order valence-electron chi connectivity index (χ2n) is 7.67. The number of hydrogen-bond acceptors (Lipinski definition) is 5. The predicted octanol–water partition coefficient (Wildman–Crippen LogP) is 7.91. The van der Waals surface area contributed by atoms with Crippen LogP contribution >= 0.6 is 58.4 Å². The average Bonchev–Trinajstić information content (AvgIpc) is 3.35. The maximum Gasteiger partial charge on any atom is 0.341 e. The third-order valence-electron chi connectivity index (χ3n) is 5.13. The van der Waals surface area contributed by atoms with Gasteiger partial charge in [-0.2, -0.15) is 5.10 Å². The van der Waals surface area contributed by atoms with Gasteiger partial charge in [0, 0.05) is 16.6 Å². The number of rotatable bonds is 7. The molecule has 0 amide bonds. The van der Waals surface area contributed by atoms with Crippen molar-refractivity contribution in [3.05, 3.63) is 85.8 Å². The molecule has 6 nitrogen and oxygen atoms in total. The number of thiophene rings is 1. The molecule has 11 heteroatoms. The van der Waals surface area contributed by atoms with Crippen LogP contribution in [0.15, 0.2) is 54.7 Å². The molecule has 186 valence electrons. The van der Waals surface area contributed by atoms with Crippen molar-refractivity contribution >= 4 is 80.3 Å². The molecule has 0 saturated carbocycles. The lowest BCUT2D eigenvalue weighted by molar-refractivity contribution is 0.0529. The molecular formula is C25H21Cl3N4O2S2. The Morgan fingerprint density at radius 3 is 2.53 bits per heavy atom. The van der Waals surface area contributed by atoms with Crippen LogP contribution in [0.25, 0.3) is 11.1 Å². The molecule has 0 unspecified atom stereocenters. The Morgan fingerprint density at radius 2 is 1.83 bits per heavy atom. The molecule has 36 heavy (non-hydrogen) atoms. The van der Waals surface area contributed by atoms with Gasteiger partial charge in [-0.25, -0.2) is 4.79 Å². The number of hydrogen-bond donors (Lipinski definition) is 2. The van der Waals surface area contributed by atoms with Gasteiger partial charge in [0.15, 0.2) is 10.9 Å². The molecule has 2 aromatic carbocycles. The third-order valence-corrected chi connectivity index (χ3v) is 7.37. The fraction of sp³-hybridized carbons (Fsp3) is 0.160. The summed E-state index contributed by atoms with van der Waals surface area (Å²) in [5.41, 5.74) is 3.09. The summed E-state index contributed by atoms with van der Waals surface area (Å²) in [7, 11) is 0. The largest absolute Gasteiger partial charge is 0.462 e. The van der Waals surface area contributed by atoms with Crippen molar-refractivity contribution in [2.45, 2.75) is 20.4 Å². The molecule has 2 N–H and O–H groups in total. The van der Waals surface area contributed by atoms with E-state index in [1.165, 1.54) is 11.3 Å². The van der Waals surface area contributed by atoms with Gasteiger partial charge < -0.3 is 15.4 Å². The number of halogens is 3. The normalized spacial score (nSPS) is 10.8. The highest BCUT2D eigenvalue weighted by Gasteiger charge is 2.25. The lowest BCUT2D eigenvalue weighted by atomic mass is 10.0. The molecule has 0 saturated heterocycles. The summed E-state index contributed by atoms with van der Waals surface area (Å²) in [4.78, 5) is 13.9. The molecule has 0 spiro atoms. The van der Waals surface area contributed by atoms with E-state index in [0.717, 1.165) is 21.6 Å². The quantitative estimate of drug-likeness (QED) is 0.171. The van der Waals surface area contributed by atoms with Gasteiger partial charge in [-0.1, -0.05) is 71.2 Å². The van der Waals surface area contributed by atoms with E-state index in [9.17, 15) is 4.79 Å². The highest BCUT2D eigenvalue weighted by molar-refractivity contribution is 7.80. The highest BCUT2D eigenvalue weighted by atomic mass is 35.5. The van der Waals surface area contributed by atoms with Crippen LogP contribution in [-0.4, -0.2) is 27.5 Å². The minimum Gasteiger partial charge on any atom is -0.462 e. The SMILES string of the molecule is CCOC(=O)c1c(NC(=S)Nc2nn(Cc3ccc(Cl)c(Cl)c3)cc2Cl)sc(C)c1-c1ccccc1. The summed E-state index contributed by atoms with van der Waals surface area (Å²) in [6, 6.07) is 15.1. The summed E-state index contributed by atoms with van der Waals surface area (Å²) in [6.07, 6.45) is 1.68. The van der Waals surface area contributed by atoms with Crippen molar-refractivity contribution in [3.63, 3.8) is 0 Å². The van der Waals surface area contributed by atoms with E-state index in [1.54, 1.807) is 29.9 Å². The molecule has 0 radical (unpaired) electrons. The lowest BCUT2D eigenvalue weighted by Gasteiger charge is -2.11. The maximum absolute atomic E-state index is 12.9. The molecule has 4 aromatic rings. The van der Waals surface area contributed by atoms with Crippen molar-refractivity contribution in [1.82, 2.24) is 9.78 Å². The number of esters is 1. The number of ether oxygens (including phenoxy) is 1. The molecule has 4 rings (SSSR count). The van der Waals surface area contributed by atoms with Gasteiger partial charge in [-0.15, -0.1) is 11.3 Å². The van der Waals surface area contributed by atoms with E-state index >= 15 is 0 Å². The zero-order chi connectivity index (χ0) is 25.8. The molecule has 0 aliphatic rings. The fourth-order valence-electron chi connectivity index (χ4n) is 3.61. The van der Waals surface area contributed by atoms with Crippen LogP contribution in [0.4, 0.5) is 10.8 Å². The van der Waals surface area contributed by atoms with Crippen LogP contribution in [0.1, 0.15) is 27.7 Å². The van der Waals surface area contributed by atoms with E-state index in [2.05, 4.69) is 15.7 Å². The maximum atomic E-state index is 12.9. The van der Waals surface area contributed by atoms with E-state index in [1.807, 2.05) is 43.3 Å². The van der Waals surface area contributed by atoms with Crippen LogP contribution in [0, 0.1) is 6.92 Å². The van der Waals surface area contributed by atoms with Gasteiger partial charge in [-0.05, 0) is 49.3 Å². The molecule has 0 atom stereocenters. The van der Waals surface area contributed by atoms with Gasteiger partial charge in [0.05, 0.1) is 23.2 Å². The first kappa shape index (κ1) is 26.4. The van der Waals surface area contributed by atoms with E-state index in [-0.39, 0.29) is 11.7 Å². The van der Waals surface area contributed by atoms with Crippen molar-refractivity contribution < 1.29 is 9.53 Å². The molecular weight excluding hydrogens is 559 g/mol. The predicted molar refractivity (Wildman–Crippen MR) is 153 cm³/mol. The summed E-state index contributed by atoms with van der Waals surface area (Å²) in [6.45, 7) is 4.43. The summed E-state index contributed by atoms with van der Waals surface area (Å²) < 4.78 is 7.01. The zero-order valence-corrected chi connectivity index (χ0v) is 23.2. The Labute approximate surface area is 233 Å². The highest BCUT2D eigenvalue weighted by Crippen LogP contribution is 2.40. The number of thiocarbonyl (C=S) groups is 1. The van der Waals surface area contributed by atoms with Crippen molar-refractivity contribution in [2.75, 3.05) is 17.2 Å². The van der Waals surface area contributed by atoms with Crippen LogP contribution in [0.3, 0.4) is 0 Å². The van der Waals surface area contributed by atoms with Gasteiger partial charge in [-0.3, -0.25) is 4.68 Å². The standard InChI is InChI=1S/C25H21Cl3N4O2S2/c1-3-34-24(33)21-20(16-7-5-4-6-8-16)14(2)36-23(21)30-25(35)29-22-19(28)13-32(31-22)12-15-9-10-17(26)18(27)11-15/h4-11,13H,3,12H2,1-2H3,(H2,29,30,31,35). The number of nitrogens with one attached hydrogen (secondary N) is 2. The van der Waals surface area contributed by atoms with E-state index in [0.29, 0.717) is 38.0 Å². The van der Waals surface area contributed by atoms with E-state index < -0.39 is 5.97 Å². The minimum absolute atomic E-state index is 0.239. The molecule has 0 fully saturated rings. The van der Waals surface area contributed by atoms with Crippen LogP contribution < -0.4 is 10.6 Å². The zero-order valence-electron chi connectivity index (χ0n) is 19.3. The minimum atomic E-state index is -0.421. The average molecular weight is 580 g/mol. The molecule has 0 aliphatic carbocycles. The lowest BCUT2D eigenvalue weighted by Crippen LogP contribution is -2.21.